The van der Waals surface area contributed by atoms with Crippen LogP contribution in [-0.4, -0.2) is 43.7 Å². The molecule has 7 nitrogen and oxygen atoms in total. The maximum Gasteiger partial charge on any atom is 0.257 e. The van der Waals surface area contributed by atoms with E-state index in [1.807, 2.05) is 18.3 Å². The molecule has 1 atom stereocenters. The first-order chi connectivity index (χ1) is 15.6. The van der Waals surface area contributed by atoms with Crippen molar-refractivity contribution in [2.24, 2.45) is 0 Å². The molecule has 2 aliphatic heterocycles. The Morgan fingerprint density at radius 2 is 2.06 bits per heavy atom. The topological polar surface area (TPSA) is 82.2 Å². The molecule has 0 aliphatic carbocycles. The van der Waals surface area contributed by atoms with Gasteiger partial charge < -0.3 is 9.88 Å². The van der Waals surface area contributed by atoms with Crippen LogP contribution in [0.5, 0.6) is 0 Å². The third kappa shape index (κ3) is 3.93. The molecular formula is C24H24FN5O2. The van der Waals surface area contributed by atoms with Gasteiger partial charge >= 0.3 is 0 Å². The van der Waals surface area contributed by atoms with Crippen molar-refractivity contribution in [2.45, 2.75) is 38.4 Å². The highest BCUT2D eigenvalue weighted by molar-refractivity contribution is 5.94. The quantitative estimate of drug-likeness (QED) is 0.684. The van der Waals surface area contributed by atoms with Crippen molar-refractivity contribution in [3.8, 4) is 0 Å². The van der Waals surface area contributed by atoms with Crippen LogP contribution in [0.3, 0.4) is 0 Å². The van der Waals surface area contributed by atoms with E-state index in [1.54, 1.807) is 23.2 Å². The minimum absolute atomic E-state index is 0.0470. The Balaban J connectivity index is 1.38. The van der Waals surface area contributed by atoms with Crippen molar-refractivity contribution >= 4 is 5.91 Å². The first kappa shape index (κ1) is 20.5. The summed E-state index contributed by atoms with van der Waals surface area (Å²) >= 11 is 0. The number of aromatic amines is 1. The Hall–Kier alpha value is -3.39. The number of rotatable bonds is 4. The zero-order valence-corrected chi connectivity index (χ0v) is 17.6. The third-order valence-electron chi connectivity index (χ3n) is 6.23. The van der Waals surface area contributed by atoms with Crippen LogP contribution in [0.1, 0.15) is 51.9 Å². The largest absolute Gasteiger partial charge is 0.328 e. The zero-order chi connectivity index (χ0) is 22.1. The number of carbonyl (C=O) groups is 1. The molecule has 32 heavy (non-hydrogen) atoms. The van der Waals surface area contributed by atoms with Gasteiger partial charge in [-0.15, -0.1) is 0 Å². The first-order valence-electron chi connectivity index (χ1n) is 10.9. The van der Waals surface area contributed by atoms with Crippen molar-refractivity contribution in [3.05, 3.63) is 93.2 Å². The van der Waals surface area contributed by atoms with Crippen molar-refractivity contribution in [2.75, 3.05) is 13.1 Å². The number of amides is 1. The number of hydrogen-bond acceptors (Lipinski definition) is 5. The third-order valence-corrected chi connectivity index (χ3v) is 6.23. The second-order valence-electron chi connectivity index (χ2n) is 8.33. The predicted molar refractivity (Wildman–Crippen MR) is 116 cm³/mol. The highest BCUT2D eigenvalue weighted by Crippen LogP contribution is 2.32. The lowest BCUT2D eigenvalue weighted by Gasteiger charge is -2.29. The highest BCUT2D eigenvalue weighted by atomic mass is 19.1. The molecule has 1 saturated heterocycles. The molecular weight excluding hydrogens is 409 g/mol. The number of halogens is 1. The number of fused-ring (bicyclic) bond motifs is 1. The lowest BCUT2D eigenvalue weighted by atomic mass is 10.1. The van der Waals surface area contributed by atoms with Gasteiger partial charge in [-0.3, -0.25) is 19.5 Å². The molecule has 1 aromatic carbocycles. The van der Waals surface area contributed by atoms with Crippen molar-refractivity contribution < 1.29 is 9.18 Å². The molecule has 2 aliphatic rings. The smallest absolute Gasteiger partial charge is 0.257 e. The Kier molecular flexibility index (Phi) is 5.53. The van der Waals surface area contributed by atoms with Crippen molar-refractivity contribution in [1.82, 2.24) is 24.8 Å². The average molecular weight is 433 g/mol. The average Bonchev–Trinajstić information content (AvgIpc) is 3.30. The SMILES string of the molecule is O=C(c1ccccc1F)N1CCCC1c1nc2c(c(=O)[nH]1)CN(Cc1cccnc1)CC2. The Labute approximate surface area is 184 Å². The van der Waals surface area contributed by atoms with E-state index in [0.29, 0.717) is 37.3 Å². The minimum atomic E-state index is -0.538. The molecule has 1 fully saturated rings. The van der Waals surface area contributed by atoms with Gasteiger partial charge in [0.05, 0.1) is 22.9 Å². The summed E-state index contributed by atoms with van der Waals surface area (Å²) in [6, 6.07) is 9.57. The van der Waals surface area contributed by atoms with Gasteiger partial charge in [0.1, 0.15) is 11.6 Å². The number of nitrogens with zero attached hydrogens (tertiary/aromatic N) is 4. The lowest BCUT2D eigenvalue weighted by Crippen LogP contribution is -2.38. The van der Waals surface area contributed by atoms with E-state index < -0.39 is 5.82 Å². The van der Waals surface area contributed by atoms with Gasteiger partial charge in [0.2, 0.25) is 0 Å². The van der Waals surface area contributed by atoms with E-state index in [4.69, 9.17) is 4.98 Å². The fourth-order valence-electron chi connectivity index (χ4n) is 4.63. The molecule has 1 amide bonds. The molecule has 1 N–H and O–H groups in total. The van der Waals surface area contributed by atoms with E-state index in [1.165, 1.54) is 12.1 Å². The number of nitrogens with one attached hydrogen (secondary N) is 1. The summed E-state index contributed by atoms with van der Waals surface area (Å²) in [6.07, 6.45) is 5.72. The monoisotopic (exact) mass is 433 g/mol. The van der Waals surface area contributed by atoms with Crippen molar-refractivity contribution in [1.29, 1.82) is 0 Å². The normalized spacial score (nSPS) is 18.5. The van der Waals surface area contributed by atoms with Crippen LogP contribution in [0.25, 0.3) is 0 Å². The van der Waals surface area contributed by atoms with Gasteiger partial charge in [0.15, 0.2) is 0 Å². The van der Waals surface area contributed by atoms with E-state index in [-0.39, 0.29) is 23.1 Å². The van der Waals surface area contributed by atoms with Gasteiger partial charge in [0, 0.05) is 45.0 Å². The van der Waals surface area contributed by atoms with E-state index >= 15 is 0 Å². The molecule has 164 valence electrons. The summed E-state index contributed by atoms with van der Waals surface area (Å²) in [6.45, 7) is 2.55. The maximum atomic E-state index is 14.2. The summed E-state index contributed by atoms with van der Waals surface area (Å²) in [4.78, 5) is 41.6. The molecule has 4 heterocycles. The molecule has 2 aromatic heterocycles. The van der Waals surface area contributed by atoms with Crippen LogP contribution >= 0.6 is 0 Å². The molecule has 3 aromatic rings. The highest BCUT2D eigenvalue weighted by Gasteiger charge is 2.34. The summed E-state index contributed by atoms with van der Waals surface area (Å²) in [5, 5.41) is 0. The zero-order valence-electron chi connectivity index (χ0n) is 17.6. The van der Waals surface area contributed by atoms with E-state index in [2.05, 4.69) is 14.9 Å². The summed E-state index contributed by atoms with van der Waals surface area (Å²) in [7, 11) is 0. The van der Waals surface area contributed by atoms with E-state index in [0.717, 1.165) is 30.8 Å². The fraction of sp³-hybridized carbons (Fsp3) is 0.333. The minimum Gasteiger partial charge on any atom is -0.328 e. The lowest BCUT2D eigenvalue weighted by molar-refractivity contribution is 0.0724. The second-order valence-corrected chi connectivity index (χ2v) is 8.33. The number of likely N-dealkylation sites (tertiary alicyclic amines) is 1. The van der Waals surface area contributed by atoms with Gasteiger partial charge in [-0.2, -0.15) is 0 Å². The summed E-state index contributed by atoms with van der Waals surface area (Å²) < 4.78 is 14.2. The van der Waals surface area contributed by atoms with Crippen LogP contribution in [0.4, 0.5) is 4.39 Å². The molecule has 8 heteroatoms. The number of benzene rings is 1. The van der Waals surface area contributed by atoms with Crippen LogP contribution < -0.4 is 5.56 Å². The Bertz CT molecular complexity index is 1200. The van der Waals surface area contributed by atoms with Crippen LogP contribution in [0, 0.1) is 5.82 Å². The van der Waals surface area contributed by atoms with Crippen molar-refractivity contribution in [3.63, 3.8) is 0 Å². The molecule has 1 unspecified atom stereocenters. The van der Waals surface area contributed by atoms with Gasteiger partial charge in [-0.1, -0.05) is 18.2 Å². The number of aromatic nitrogens is 3. The predicted octanol–water partition coefficient (Wildman–Crippen LogP) is 2.84. The van der Waals surface area contributed by atoms with Crippen LogP contribution in [-0.2, 0) is 19.5 Å². The van der Waals surface area contributed by atoms with Gasteiger partial charge in [-0.05, 0) is 36.6 Å². The standard InChI is InChI=1S/C24H24FN5O2/c25-19-7-2-1-6-17(19)24(32)30-11-4-8-21(30)22-27-20-9-12-29(15-18(20)23(31)28-22)14-16-5-3-10-26-13-16/h1-3,5-7,10,13,21H,4,8-9,11-12,14-15H2,(H,27,28,31). The van der Waals surface area contributed by atoms with Gasteiger partial charge in [-0.25, -0.2) is 9.37 Å². The summed E-state index contributed by atoms with van der Waals surface area (Å²) in [5.41, 5.74) is 2.45. The second kappa shape index (κ2) is 8.63. The Morgan fingerprint density at radius 1 is 1.19 bits per heavy atom. The number of H-pyrrole nitrogens is 1. The maximum absolute atomic E-state index is 14.2. The number of carbonyl (C=O) groups excluding carboxylic acids is 1. The fourth-order valence-corrected chi connectivity index (χ4v) is 4.63. The molecule has 5 rings (SSSR count). The molecule has 0 radical (unpaired) electrons. The molecule has 0 saturated carbocycles. The molecule has 0 spiro atoms. The number of hydrogen-bond donors (Lipinski definition) is 1. The van der Waals surface area contributed by atoms with Gasteiger partial charge in [0.25, 0.3) is 11.5 Å². The first-order valence-corrected chi connectivity index (χ1v) is 10.9. The van der Waals surface area contributed by atoms with Crippen LogP contribution in [0.15, 0.2) is 53.6 Å². The van der Waals surface area contributed by atoms with E-state index in [9.17, 15) is 14.0 Å². The summed E-state index contributed by atoms with van der Waals surface area (Å²) in [5.74, 6) is -0.408. The van der Waals surface area contributed by atoms with Crippen LogP contribution in [0.2, 0.25) is 0 Å². The number of pyridine rings is 1. The molecule has 0 bridgehead atoms. The Morgan fingerprint density at radius 3 is 2.88 bits per heavy atom.